The molecule has 0 spiro atoms. The number of nitrogens with two attached hydrogens (primary N) is 1. The van der Waals surface area contributed by atoms with E-state index < -0.39 is 0 Å². The van der Waals surface area contributed by atoms with Crippen LogP contribution in [0.5, 0.6) is 0 Å². The van der Waals surface area contributed by atoms with Crippen molar-refractivity contribution in [2.45, 2.75) is 39.7 Å². The topological polar surface area (TPSA) is 53.1 Å². The summed E-state index contributed by atoms with van der Waals surface area (Å²) in [7, 11) is 0. The van der Waals surface area contributed by atoms with Crippen molar-refractivity contribution >= 4 is 11.5 Å². The van der Waals surface area contributed by atoms with Crippen molar-refractivity contribution in [1.29, 1.82) is 5.41 Å². The van der Waals surface area contributed by atoms with Gasteiger partial charge in [-0.1, -0.05) is 18.6 Å². The zero-order valence-electron chi connectivity index (χ0n) is 11.5. The molecule has 1 aromatic carbocycles. The maximum atomic E-state index is 7.76. The van der Waals surface area contributed by atoms with E-state index in [1.54, 1.807) is 0 Å². The van der Waals surface area contributed by atoms with Crippen LogP contribution in [0.15, 0.2) is 18.2 Å². The van der Waals surface area contributed by atoms with Crippen LogP contribution in [0.1, 0.15) is 37.8 Å². The number of anilines is 1. The largest absolute Gasteiger partial charge is 0.384 e. The minimum atomic E-state index is 0.166. The van der Waals surface area contributed by atoms with Gasteiger partial charge in [-0.25, -0.2) is 0 Å². The summed E-state index contributed by atoms with van der Waals surface area (Å²) in [5, 5.41) is 7.76. The van der Waals surface area contributed by atoms with Crippen molar-refractivity contribution in [2.75, 3.05) is 11.4 Å². The Morgan fingerprint density at radius 3 is 2.72 bits per heavy atom. The van der Waals surface area contributed by atoms with Crippen molar-refractivity contribution in [1.82, 2.24) is 0 Å². The molecule has 0 aromatic heterocycles. The Bertz CT molecular complexity index is 453. The fraction of sp³-hybridized carbons (Fsp3) is 0.533. The smallest absolute Gasteiger partial charge is 0.124 e. The zero-order chi connectivity index (χ0) is 13.3. The first kappa shape index (κ1) is 12.9. The number of hydrogen-bond donors (Lipinski definition) is 2. The van der Waals surface area contributed by atoms with Gasteiger partial charge in [-0.2, -0.15) is 0 Å². The van der Waals surface area contributed by atoms with Crippen LogP contribution in [0.3, 0.4) is 0 Å². The van der Waals surface area contributed by atoms with Crippen molar-refractivity contribution in [3.05, 3.63) is 29.3 Å². The van der Waals surface area contributed by atoms with Crippen molar-refractivity contribution in [3.8, 4) is 0 Å². The molecule has 2 unspecified atom stereocenters. The second-order valence-corrected chi connectivity index (χ2v) is 5.62. The number of nitrogen functional groups attached to an aromatic ring is 1. The summed E-state index contributed by atoms with van der Waals surface area (Å²) in [4.78, 5) is 2.41. The van der Waals surface area contributed by atoms with Gasteiger partial charge in [0.1, 0.15) is 5.84 Å². The normalized spacial score (nSPS) is 24.1. The third-order valence-corrected chi connectivity index (χ3v) is 3.87. The van der Waals surface area contributed by atoms with Gasteiger partial charge in [-0.05, 0) is 44.7 Å². The van der Waals surface area contributed by atoms with Crippen LogP contribution < -0.4 is 10.6 Å². The van der Waals surface area contributed by atoms with E-state index in [-0.39, 0.29) is 5.84 Å². The van der Waals surface area contributed by atoms with Gasteiger partial charge in [0.2, 0.25) is 0 Å². The molecule has 1 fully saturated rings. The van der Waals surface area contributed by atoms with E-state index in [4.69, 9.17) is 11.1 Å². The van der Waals surface area contributed by atoms with E-state index in [0.29, 0.717) is 12.0 Å². The molecule has 2 rings (SSSR count). The number of benzene rings is 1. The Labute approximate surface area is 109 Å². The molecule has 1 aliphatic rings. The van der Waals surface area contributed by atoms with Gasteiger partial charge in [-0.3, -0.25) is 5.41 Å². The molecule has 0 bridgehead atoms. The van der Waals surface area contributed by atoms with E-state index in [2.05, 4.69) is 30.9 Å². The quantitative estimate of drug-likeness (QED) is 0.622. The maximum absolute atomic E-state index is 7.76. The van der Waals surface area contributed by atoms with E-state index >= 15 is 0 Å². The van der Waals surface area contributed by atoms with Crippen LogP contribution in [0.4, 0.5) is 5.69 Å². The summed E-state index contributed by atoms with van der Waals surface area (Å²) in [6.07, 6.45) is 2.51. The van der Waals surface area contributed by atoms with Crippen LogP contribution in [-0.4, -0.2) is 18.4 Å². The Hall–Kier alpha value is -1.51. The zero-order valence-corrected chi connectivity index (χ0v) is 11.5. The highest BCUT2D eigenvalue weighted by Gasteiger charge is 2.25. The lowest BCUT2D eigenvalue weighted by Gasteiger charge is -2.39. The first-order chi connectivity index (χ1) is 8.49. The molecule has 98 valence electrons. The Morgan fingerprint density at radius 2 is 2.06 bits per heavy atom. The van der Waals surface area contributed by atoms with Gasteiger partial charge < -0.3 is 10.6 Å². The molecule has 0 radical (unpaired) electrons. The third-order valence-electron chi connectivity index (χ3n) is 3.87. The maximum Gasteiger partial charge on any atom is 0.124 e. The summed E-state index contributed by atoms with van der Waals surface area (Å²) in [6.45, 7) is 7.65. The number of aryl methyl sites for hydroxylation is 1. The molecule has 0 saturated carbocycles. The van der Waals surface area contributed by atoms with E-state index in [1.165, 1.54) is 12.8 Å². The molecule has 1 aromatic rings. The standard InChI is InChI=1S/C15H23N3/c1-10-5-7-14(13(8-10)15(16)17)18-9-11(2)4-6-12(18)3/h5,7-8,11-12H,4,6,9H2,1-3H3,(H3,16,17). The van der Waals surface area contributed by atoms with Gasteiger partial charge in [-0.15, -0.1) is 0 Å². The van der Waals surface area contributed by atoms with Crippen LogP contribution >= 0.6 is 0 Å². The second kappa shape index (κ2) is 5.01. The molecule has 1 heterocycles. The van der Waals surface area contributed by atoms with Gasteiger partial charge in [0, 0.05) is 23.8 Å². The SMILES string of the molecule is Cc1ccc(N2CC(C)CCC2C)c(C(=N)N)c1. The second-order valence-electron chi connectivity index (χ2n) is 5.62. The number of nitrogens with zero attached hydrogens (tertiary/aromatic N) is 1. The van der Waals surface area contributed by atoms with Gasteiger partial charge in [0.15, 0.2) is 0 Å². The Morgan fingerprint density at radius 1 is 1.33 bits per heavy atom. The van der Waals surface area contributed by atoms with Crippen molar-refractivity contribution < 1.29 is 0 Å². The lowest BCUT2D eigenvalue weighted by atomic mass is 9.93. The average molecular weight is 245 g/mol. The molecule has 3 heteroatoms. The monoisotopic (exact) mass is 245 g/mol. The van der Waals surface area contributed by atoms with Gasteiger partial charge in [0.25, 0.3) is 0 Å². The van der Waals surface area contributed by atoms with E-state index in [0.717, 1.165) is 23.4 Å². The summed E-state index contributed by atoms with van der Waals surface area (Å²) in [6, 6.07) is 6.76. The number of rotatable bonds is 2. The first-order valence-corrected chi connectivity index (χ1v) is 6.70. The average Bonchev–Trinajstić information content (AvgIpc) is 2.32. The lowest BCUT2D eigenvalue weighted by Crippen LogP contribution is -2.42. The minimum absolute atomic E-state index is 0.166. The van der Waals surface area contributed by atoms with Crippen LogP contribution in [0.25, 0.3) is 0 Å². The number of hydrogen-bond acceptors (Lipinski definition) is 2. The highest BCUT2D eigenvalue weighted by atomic mass is 15.2. The first-order valence-electron chi connectivity index (χ1n) is 6.70. The van der Waals surface area contributed by atoms with Crippen LogP contribution in [0.2, 0.25) is 0 Å². The predicted octanol–water partition coefficient (Wildman–Crippen LogP) is 2.90. The van der Waals surface area contributed by atoms with Gasteiger partial charge >= 0.3 is 0 Å². The van der Waals surface area contributed by atoms with Crippen LogP contribution in [-0.2, 0) is 0 Å². The number of nitrogens with one attached hydrogen (secondary N) is 1. The molecule has 1 aliphatic heterocycles. The fourth-order valence-corrected chi connectivity index (χ4v) is 2.74. The van der Waals surface area contributed by atoms with Gasteiger partial charge in [0.05, 0.1) is 0 Å². The molecule has 0 aliphatic carbocycles. The van der Waals surface area contributed by atoms with Crippen molar-refractivity contribution in [2.24, 2.45) is 11.7 Å². The molecule has 2 atom stereocenters. The lowest BCUT2D eigenvalue weighted by molar-refractivity contribution is 0.390. The summed E-state index contributed by atoms with van der Waals surface area (Å²) in [5.41, 5.74) is 8.87. The third kappa shape index (κ3) is 2.50. The summed E-state index contributed by atoms with van der Waals surface area (Å²) >= 11 is 0. The molecule has 3 N–H and O–H groups in total. The number of amidine groups is 1. The highest BCUT2D eigenvalue weighted by molar-refractivity contribution is 6.00. The fourth-order valence-electron chi connectivity index (χ4n) is 2.74. The minimum Gasteiger partial charge on any atom is -0.384 e. The van der Waals surface area contributed by atoms with E-state index in [9.17, 15) is 0 Å². The van der Waals surface area contributed by atoms with Crippen LogP contribution in [0, 0.1) is 18.3 Å². The molecule has 0 amide bonds. The highest BCUT2D eigenvalue weighted by Crippen LogP contribution is 2.30. The molecule has 18 heavy (non-hydrogen) atoms. The molecule has 1 saturated heterocycles. The van der Waals surface area contributed by atoms with E-state index in [1.807, 2.05) is 13.0 Å². The molecular weight excluding hydrogens is 222 g/mol. The molecular formula is C15H23N3. The number of piperidine rings is 1. The summed E-state index contributed by atoms with van der Waals surface area (Å²) in [5.74, 6) is 0.876. The van der Waals surface area contributed by atoms with Crippen molar-refractivity contribution in [3.63, 3.8) is 0 Å². The Kier molecular flexibility index (Phi) is 3.60. The summed E-state index contributed by atoms with van der Waals surface area (Å²) < 4.78 is 0. The Balaban J connectivity index is 2.40. The predicted molar refractivity (Wildman–Crippen MR) is 77.4 cm³/mol. The molecule has 3 nitrogen and oxygen atoms in total.